The minimum absolute atomic E-state index is 0.0629. The predicted octanol–water partition coefficient (Wildman–Crippen LogP) is 3.53. The Morgan fingerprint density at radius 3 is 2.30 bits per heavy atom. The number of nitrogens with zero attached hydrogens (tertiary/aromatic N) is 1. The molecular weight excluding hydrogens is 424 g/mol. The summed E-state index contributed by atoms with van der Waals surface area (Å²) in [5.74, 6) is 0.0615. The van der Waals surface area contributed by atoms with Crippen LogP contribution >= 0.6 is 0 Å². The first-order chi connectivity index (χ1) is 15.5. The number of hydrogen-bond acceptors (Lipinski definition) is 5. The van der Waals surface area contributed by atoms with E-state index in [9.17, 15) is 19.5 Å². The number of nitrogens with one attached hydrogen (secondary N) is 1. The first-order valence-electron chi connectivity index (χ1n) is 11.3. The second-order valence-electron chi connectivity index (χ2n) is 8.44. The normalized spacial score (nSPS) is 17.2. The minimum atomic E-state index is -1.02. The number of ether oxygens (including phenoxy) is 1. The maximum Gasteiger partial charge on any atom is 0.326 e. The number of carboxylic acid groups (broad SMARTS) is 1. The van der Waals surface area contributed by atoms with E-state index in [-0.39, 0.29) is 30.7 Å². The highest BCUT2D eigenvalue weighted by Crippen LogP contribution is 2.27. The Morgan fingerprint density at radius 1 is 1.24 bits per heavy atom. The van der Waals surface area contributed by atoms with Crippen molar-refractivity contribution in [3.05, 3.63) is 36.6 Å². The summed E-state index contributed by atoms with van der Waals surface area (Å²) >= 11 is 0. The molecule has 0 radical (unpaired) electrons. The third-order valence-electron chi connectivity index (χ3n) is 4.60. The Balaban J connectivity index is 0. The van der Waals surface area contributed by atoms with E-state index in [4.69, 9.17) is 9.84 Å². The van der Waals surface area contributed by atoms with Gasteiger partial charge in [0.15, 0.2) is 0 Å². The molecule has 2 amide bonds. The fourth-order valence-electron chi connectivity index (χ4n) is 2.95. The summed E-state index contributed by atoms with van der Waals surface area (Å²) in [5, 5.41) is 18.9. The molecule has 2 atom stereocenters. The largest absolute Gasteiger partial charge is 0.499 e. The Morgan fingerprint density at radius 2 is 1.82 bits per heavy atom. The monoisotopic (exact) mass is 468 g/mol. The summed E-state index contributed by atoms with van der Waals surface area (Å²) in [4.78, 5) is 37.0. The highest BCUT2D eigenvalue weighted by atomic mass is 16.5. The van der Waals surface area contributed by atoms with Gasteiger partial charge in [-0.3, -0.25) is 9.59 Å². The van der Waals surface area contributed by atoms with E-state index in [1.165, 1.54) is 11.0 Å². The number of aliphatic hydroxyl groups excluding tert-OH is 1. The molecule has 1 aliphatic rings. The predicted molar refractivity (Wildman–Crippen MR) is 131 cm³/mol. The molecule has 0 aromatic rings. The molecule has 1 heterocycles. The zero-order valence-electron chi connectivity index (χ0n) is 21.2. The fraction of sp³-hybridized carbons (Fsp3) is 0.640. The number of hydrogen-bond donors (Lipinski definition) is 3. The van der Waals surface area contributed by atoms with E-state index >= 15 is 0 Å². The van der Waals surface area contributed by atoms with Crippen molar-refractivity contribution in [2.24, 2.45) is 11.8 Å². The molecule has 1 saturated heterocycles. The lowest BCUT2D eigenvalue weighted by Gasteiger charge is -2.21. The number of likely N-dealkylation sites (tertiary alicyclic amines) is 1. The van der Waals surface area contributed by atoms with Crippen LogP contribution in [0.25, 0.3) is 0 Å². The van der Waals surface area contributed by atoms with Crippen molar-refractivity contribution in [3.8, 4) is 0 Å². The Bertz CT molecular complexity index is 655. The summed E-state index contributed by atoms with van der Waals surface area (Å²) in [6.45, 7) is 18.2. The Hall–Kier alpha value is -2.61. The van der Waals surface area contributed by atoms with Crippen molar-refractivity contribution in [2.45, 2.75) is 66.3 Å². The second kappa shape index (κ2) is 18.9. The number of allylic oxidation sites excluding steroid dienone is 3. The number of amides is 2. The van der Waals surface area contributed by atoms with Crippen molar-refractivity contribution < 1.29 is 29.3 Å². The van der Waals surface area contributed by atoms with Crippen LogP contribution in [0.3, 0.4) is 0 Å². The van der Waals surface area contributed by atoms with Gasteiger partial charge in [-0.25, -0.2) is 4.79 Å². The van der Waals surface area contributed by atoms with Gasteiger partial charge >= 0.3 is 5.97 Å². The van der Waals surface area contributed by atoms with Gasteiger partial charge in [0.05, 0.1) is 25.3 Å². The minimum Gasteiger partial charge on any atom is -0.499 e. The van der Waals surface area contributed by atoms with Crippen LogP contribution in [0.1, 0.15) is 60.3 Å². The van der Waals surface area contributed by atoms with Crippen molar-refractivity contribution in [1.29, 1.82) is 0 Å². The van der Waals surface area contributed by atoms with E-state index in [1.807, 2.05) is 19.9 Å². The molecule has 0 spiro atoms. The maximum absolute atomic E-state index is 12.4. The molecule has 2 unspecified atom stereocenters. The van der Waals surface area contributed by atoms with Crippen LogP contribution < -0.4 is 5.32 Å². The van der Waals surface area contributed by atoms with Crippen LogP contribution in [-0.2, 0) is 19.1 Å². The van der Waals surface area contributed by atoms with Crippen LogP contribution in [-0.4, -0.2) is 65.7 Å². The zero-order chi connectivity index (χ0) is 26.0. The maximum atomic E-state index is 12.4. The van der Waals surface area contributed by atoms with Crippen LogP contribution in [0, 0.1) is 11.8 Å². The molecule has 1 rings (SSSR count). The lowest BCUT2D eigenvalue weighted by molar-refractivity contribution is -0.148. The number of carbonyl (C=O) groups excluding carboxylic acids is 2. The standard InChI is InChI=1S/C20H30N2O5.C4H10.CH4O/c1-5-14(3)10-18(23)21-12-19(24)22-13-16(11-17(22)20(25)26)8-7-9-27-15(4)6-2;1-4(2)3;1-2/h5-6,16-17H,1,3,7-13H2,2,4H3,(H,21,23)(H,25,26);4H,1-3H3;2H,1H3/b15-6+;;. The second-order valence-corrected chi connectivity index (χ2v) is 8.44. The average Bonchev–Trinajstić information content (AvgIpc) is 3.20. The topological polar surface area (TPSA) is 116 Å². The summed E-state index contributed by atoms with van der Waals surface area (Å²) in [6.07, 6.45) is 5.43. The van der Waals surface area contributed by atoms with Gasteiger partial charge in [0, 0.05) is 13.7 Å². The molecule has 3 N–H and O–H groups in total. The molecule has 8 heteroatoms. The molecule has 0 aliphatic carbocycles. The van der Waals surface area contributed by atoms with Gasteiger partial charge in [-0.15, -0.1) is 0 Å². The number of aliphatic carboxylic acids is 1. The number of rotatable bonds is 11. The molecule has 0 aromatic carbocycles. The molecule has 1 aliphatic heterocycles. The summed E-state index contributed by atoms with van der Waals surface area (Å²) in [5.41, 5.74) is 0.556. The van der Waals surface area contributed by atoms with E-state index in [0.29, 0.717) is 25.1 Å². The first kappa shape index (κ1) is 32.6. The van der Waals surface area contributed by atoms with E-state index < -0.39 is 12.0 Å². The van der Waals surface area contributed by atoms with Crippen molar-refractivity contribution in [2.75, 3.05) is 26.8 Å². The quantitative estimate of drug-likeness (QED) is 0.243. The summed E-state index contributed by atoms with van der Waals surface area (Å²) in [7, 11) is 1.00. The molecule has 190 valence electrons. The molecule has 8 nitrogen and oxygen atoms in total. The fourth-order valence-corrected chi connectivity index (χ4v) is 2.95. The van der Waals surface area contributed by atoms with Gasteiger partial charge in [0.1, 0.15) is 6.04 Å². The molecule has 0 bridgehead atoms. The van der Waals surface area contributed by atoms with Crippen LogP contribution in [0.2, 0.25) is 0 Å². The van der Waals surface area contributed by atoms with E-state index in [2.05, 4.69) is 39.2 Å². The van der Waals surface area contributed by atoms with Gasteiger partial charge in [-0.2, -0.15) is 0 Å². The molecule has 0 saturated carbocycles. The highest BCUT2D eigenvalue weighted by molar-refractivity contribution is 5.89. The smallest absolute Gasteiger partial charge is 0.326 e. The third-order valence-corrected chi connectivity index (χ3v) is 4.60. The van der Waals surface area contributed by atoms with Crippen molar-refractivity contribution in [1.82, 2.24) is 10.2 Å². The third kappa shape index (κ3) is 15.8. The Kier molecular flexibility index (Phi) is 18.7. The molecule has 33 heavy (non-hydrogen) atoms. The number of carboxylic acids is 1. The molecule has 0 aromatic heterocycles. The van der Waals surface area contributed by atoms with Gasteiger partial charge in [0.2, 0.25) is 11.8 Å². The highest BCUT2D eigenvalue weighted by Gasteiger charge is 2.39. The molecule has 1 fully saturated rings. The SMILES string of the molecule is C=CC(=C)CC(=O)NCC(=O)N1CC(CCCO/C(C)=C/C)CC1C(=O)O.CC(C)C.CO. The van der Waals surface area contributed by atoms with E-state index in [1.54, 1.807) is 0 Å². The van der Waals surface area contributed by atoms with Crippen molar-refractivity contribution in [3.63, 3.8) is 0 Å². The van der Waals surface area contributed by atoms with Crippen LogP contribution in [0.4, 0.5) is 0 Å². The van der Waals surface area contributed by atoms with Gasteiger partial charge in [-0.1, -0.05) is 46.1 Å². The van der Waals surface area contributed by atoms with Gasteiger partial charge < -0.3 is 25.2 Å². The lowest BCUT2D eigenvalue weighted by atomic mass is 10.0. The number of carbonyl (C=O) groups is 3. The molecular formula is C25H44N2O6. The number of aliphatic hydroxyl groups is 1. The van der Waals surface area contributed by atoms with Crippen molar-refractivity contribution >= 4 is 17.8 Å². The zero-order valence-corrected chi connectivity index (χ0v) is 21.2. The summed E-state index contributed by atoms with van der Waals surface area (Å²) < 4.78 is 5.51. The van der Waals surface area contributed by atoms with Gasteiger partial charge in [0.25, 0.3) is 0 Å². The lowest BCUT2D eigenvalue weighted by Crippen LogP contribution is -2.45. The van der Waals surface area contributed by atoms with Crippen LogP contribution in [0.5, 0.6) is 0 Å². The first-order valence-corrected chi connectivity index (χ1v) is 11.3. The van der Waals surface area contributed by atoms with Gasteiger partial charge in [-0.05, 0) is 50.5 Å². The summed E-state index contributed by atoms with van der Waals surface area (Å²) in [6, 6.07) is -0.847. The van der Waals surface area contributed by atoms with Crippen LogP contribution in [0.15, 0.2) is 36.6 Å². The average molecular weight is 469 g/mol. The van der Waals surface area contributed by atoms with E-state index in [0.717, 1.165) is 31.6 Å². The Labute approximate surface area is 199 Å².